The van der Waals surface area contributed by atoms with Crippen molar-refractivity contribution in [2.45, 2.75) is 6.54 Å². The number of hydrogen-bond acceptors (Lipinski definition) is 3. The molecular weight excluding hydrogens is 261 g/mol. The lowest BCUT2D eigenvalue weighted by atomic mass is 10.2. The number of anilines is 1. The third-order valence-corrected chi connectivity index (χ3v) is 2.90. The first kappa shape index (κ1) is 13.4. The monoisotopic (exact) mass is 275 g/mol. The summed E-state index contributed by atoms with van der Waals surface area (Å²) in [5.41, 5.74) is 7.02. The van der Waals surface area contributed by atoms with Crippen molar-refractivity contribution in [3.63, 3.8) is 0 Å². The lowest BCUT2D eigenvalue weighted by molar-refractivity contribution is 0.625. The summed E-state index contributed by atoms with van der Waals surface area (Å²) in [6.07, 6.45) is 0. The van der Waals surface area contributed by atoms with Gasteiger partial charge < -0.3 is 10.6 Å². The molecule has 5 heteroatoms. The van der Waals surface area contributed by atoms with Crippen LogP contribution in [0.5, 0.6) is 0 Å². The van der Waals surface area contributed by atoms with Gasteiger partial charge in [-0.3, -0.25) is 0 Å². The molecule has 0 spiro atoms. The highest BCUT2D eigenvalue weighted by atomic mass is 32.1. The molecular formula is C14H14FN3S. The van der Waals surface area contributed by atoms with E-state index in [1.165, 1.54) is 12.1 Å². The zero-order valence-corrected chi connectivity index (χ0v) is 11.3. The molecule has 0 amide bonds. The summed E-state index contributed by atoms with van der Waals surface area (Å²) in [5.74, 6) is 0.505. The molecule has 0 aliphatic rings. The van der Waals surface area contributed by atoms with Crippen LogP contribution in [0.1, 0.15) is 11.3 Å². The zero-order chi connectivity index (χ0) is 13.8. The fraction of sp³-hybridized carbons (Fsp3) is 0.143. The Kier molecular flexibility index (Phi) is 4.06. The number of pyridine rings is 1. The van der Waals surface area contributed by atoms with Crippen molar-refractivity contribution in [2.24, 2.45) is 5.73 Å². The second-order valence-electron chi connectivity index (χ2n) is 4.23. The van der Waals surface area contributed by atoms with E-state index in [9.17, 15) is 4.39 Å². The Bertz CT molecular complexity index is 601. The van der Waals surface area contributed by atoms with Crippen LogP contribution in [0, 0.1) is 5.82 Å². The van der Waals surface area contributed by atoms with Gasteiger partial charge in [-0.2, -0.15) is 0 Å². The van der Waals surface area contributed by atoms with E-state index in [0.29, 0.717) is 12.2 Å². The van der Waals surface area contributed by atoms with Crippen LogP contribution in [-0.4, -0.2) is 17.0 Å². The van der Waals surface area contributed by atoms with Gasteiger partial charge in [-0.15, -0.1) is 0 Å². The van der Waals surface area contributed by atoms with Gasteiger partial charge in [0, 0.05) is 13.6 Å². The standard InChI is InChI=1S/C14H14FN3S/c1-18(9-10-4-2-5-11(15)8-10)13-7-3-6-12(17-13)14(16)19/h2-8H,9H2,1H3,(H2,16,19). The number of halogens is 1. The summed E-state index contributed by atoms with van der Waals surface area (Å²) >= 11 is 4.90. The van der Waals surface area contributed by atoms with E-state index < -0.39 is 0 Å². The van der Waals surface area contributed by atoms with E-state index in [4.69, 9.17) is 18.0 Å². The van der Waals surface area contributed by atoms with Gasteiger partial charge in [0.15, 0.2) is 0 Å². The summed E-state index contributed by atoms with van der Waals surface area (Å²) in [4.78, 5) is 6.53. The molecule has 1 aromatic carbocycles. The third-order valence-electron chi connectivity index (χ3n) is 2.69. The van der Waals surface area contributed by atoms with Crippen molar-refractivity contribution < 1.29 is 4.39 Å². The molecule has 98 valence electrons. The molecule has 2 rings (SSSR count). The highest BCUT2D eigenvalue weighted by Gasteiger charge is 2.06. The number of thiocarbonyl (C=S) groups is 1. The van der Waals surface area contributed by atoms with Crippen LogP contribution in [0.2, 0.25) is 0 Å². The molecule has 0 aliphatic heterocycles. The van der Waals surface area contributed by atoms with Crippen LogP contribution in [-0.2, 0) is 6.54 Å². The number of nitrogens with two attached hydrogens (primary N) is 1. The van der Waals surface area contributed by atoms with Gasteiger partial charge in [0.2, 0.25) is 0 Å². The lowest BCUT2D eigenvalue weighted by Gasteiger charge is -2.18. The highest BCUT2D eigenvalue weighted by molar-refractivity contribution is 7.80. The van der Waals surface area contributed by atoms with Gasteiger partial charge in [0.05, 0.1) is 5.69 Å². The number of hydrogen-bond donors (Lipinski definition) is 1. The largest absolute Gasteiger partial charge is 0.388 e. The number of benzene rings is 1. The van der Waals surface area contributed by atoms with Gasteiger partial charge >= 0.3 is 0 Å². The maximum atomic E-state index is 13.1. The summed E-state index contributed by atoms with van der Waals surface area (Å²) in [5, 5.41) is 0. The molecule has 0 fully saturated rings. The molecule has 0 radical (unpaired) electrons. The Balaban J connectivity index is 2.18. The van der Waals surface area contributed by atoms with Crippen LogP contribution in [0.4, 0.5) is 10.2 Å². The van der Waals surface area contributed by atoms with Crippen molar-refractivity contribution in [1.82, 2.24) is 4.98 Å². The van der Waals surface area contributed by atoms with Crippen LogP contribution in [0.25, 0.3) is 0 Å². The molecule has 1 heterocycles. The topological polar surface area (TPSA) is 42.1 Å². The fourth-order valence-corrected chi connectivity index (χ4v) is 1.88. The Hall–Kier alpha value is -2.01. The smallest absolute Gasteiger partial charge is 0.129 e. The second-order valence-corrected chi connectivity index (χ2v) is 4.67. The molecule has 1 aromatic heterocycles. The fourth-order valence-electron chi connectivity index (χ4n) is 1.76. The SMILES string of the molecule is CN(Cc1cccc(F)c1)c1cccc(C(N)=S)n1. The van der Waals surface area contributed by atoms with Gasteiger partial charge in [0.25, 0.3) is 0 Å². The minimum Gasteiger partial charge on any atom is -0.388 e. The molecule has 0 unspecified atom stereocenters. The van der Waals surface area contributed by atoms with Crippen molar-refractivity contribution in [2.75, 3.05) is 11.9 Å². The molecule has 0 bridgehead atoms. The highest BCUT2D eigenvalue weighted by Crippen LogP contribution is 2.14. The number of aromatic nitrogens is 1. The van der Waals surface area contributed by atoms with E-state index >= 15 is 0 Å². The van der Waals surface area contributed by atoms with E-state index in [0.717, 1.165) is 11.4 Å². The average Bonchev–Trinajstić information content (AvgIpc) is 2.39. The predicted octanol–water partition coefficient (Wildman–Crippen LogP) is 2.49. The lowest BCUT2D eigenvalue weighted by Crippen LogP contribution is -2.20. The minimum absolute atomic E-state index is 0.240. The Labute approximate surface area is 116 Å². The molecule has 0 saturated carbocycles. The van der Waals surface area contributed by atoms with Gasteiger partial charge in [-0.1, -0.05) is 30.4 Å². The van der Waals surface area contributed by atoms with Crippen molar-refractivity contribution in [1.29, 1.82) is 0 Å². The average molecular weight is 275 g/mol. The molecule has 3 nitrogen and oxygen atoms in total. The maximum Gasteiger partial charge on any atom is 0.129 e. The van der Waals surface area contributed by atoms with Crippen LogP contribution >= 0.6 is 12.2 Å². The first-order valence-electron chi connectivity index (χ1n) is 5.78. The zero-order valence-electron chi connectivity index (χ0n) is 10.5. The Morgan fingerprint density at radius 2 is 2.05 bits per heavy atom. The van der Waals surface area contributed by atoms with Crippen molar-refractivity contribution in [3.05, 3.63) is 59.5 Å². The molecule has 0 atom stereocenters. The van der Waals surface area contributed by atoms with E-state index in [-0.39, 0.29) is 10.8 Å². The number of rotatable bonds is 4. The third kappa shape index (κ3) is 3.48. The van der Waals surface area contributed by atoms with Gasteiger partial charge in [-0.25, -0.2) is 9.37 Å². The molecule has 19 heavy (non-hydrogen) atoms. The second kappa shape index (κ2) is 5.75. The summed E-state index contributed by atoms with van der Waals surface area (Å²) in [6.45, 7) is 0.561. The normalized spacial score (nSPS) is 10.2. The molecule has 0 saturated heterocycles. The van der Waals surface area contributed by atoms with Gasteiger partial charge in [0.1, 0.15) is 16.6 Å². The van der Waals surface area contributed by atoms with Gasteiger partial charge in [-0.05, 0) is 29.8 Å². The first-order valence-corrected chi connectivity index (χ1v) is 6.19. The van der Waals surface area contributed by atoms with E-state index in [1.807, 2.05) is 30.1 Å². The summed E-state index contributed by atoms with van der Waals surface area (Å²) in [7, 11) is 1.89. The van der Waals surface area contributed by atoms with Crippen molar-refractivity contribution in [3.8, 4) is 0 Å². The van der Waals surface area contributed by atoms with E-state index in [1.54, 1.807) is 12.1 Å². The summed E-state index contributed by atoms with van der Waals surface area (Å²) in [6, 6.07) is 12.0. The minimum atomic E-state index is -0.240. The van der Waals surface area contributed by atoms with Crippen LogP contribution < -0.4 is 10.6 Å². The Morgan fingerprint density at radius 1 is 1.32 bits per heavy atom. The first-order chi connectivity index (χ1) is 9.06. The quantitative estimate of drug-likeness (QED) is 0.871. The number of nitrogens with zero attached hydrogens (tertiary/aromatic N) is 2. The molecule has 2 N–H and O–H groups in total. The molecule has 2 aromatic rings. The maximum absolute atomic E-state index is 13.1. The van der Waals surface area contributed by atoms with E-state index in [2.05, 4.69) is 4.98 Å². The van der Waals surface area contributed by atoms with Crippen LogP contribution in [0.3, 0.4) is 0 Å². The molecule has 0 aliphatic carbocycles. The predicted molar refractivity (Wildman–Crippen MR) is 78.6 cm³/mol. The Morgan fingerprint density at radius 3 is 2.74 bits per heavy atom. The summed E-state index contributed by atoms with van der Waals surface area (Å²) < 4.78 is 13.1. The van der Waals surface area contributed by atoms with Crippen LogP contribution in [0.15, 0.2) is 42.5 Å². The van der Waals surface area contributed by atoms with Crippen molar-refractivity contribution >= 4 is 23.0 Å².